The molecule has 4 rings (SSSR count). The number of hydrogen-bond donors (Lipinski definition) is 1. The van der Waals surface area contributed by atoms with Gasteiger partial charge in [0.25, 0.3) is 5.91 Å². The maximum atomic E-state index is 12.2. The number of nitrogens with one attached hydrogen (secondary N) is 1. The van der Waals surface area contributed by atoms with Gasteiger partial charge in [0, 0.05) is 10.6 Å². The molecule has 0 radical (unpaired) electrons. The zero-order chi connectivity index (χ0) is 25.5. The molecule has 1 aromatic heterocycles. The first-order valence-electron chi connectivity index (χ1n) is 10.8. The number of hydrogen-bond acceptors (Lipinski definition) is 7. The van der Waals surface area contributed by atoms with Gasteiger partial charge >= 0.3 is 0 Å². The number of fused-ring (bicyclic) bond motifs is 1. The first kappa shape index (κ1) is 26.6. The van der Waals surface area contributed by atoms with Gasteiger partial charge in [-0.3, -0.25) is 4.79 Å². The predicted octanol–water partition coefficient (Wildman–Crippen LogP) is 7.48. The van der Waals surface area contributed by atoms with Crippen LogP contribution < -0.4 is 14.9 Å². The Morgan fingerprint density at radius 2 is 1.89 bits per heavy atom. The van der Waals surface area contributed by atoms with Crippen molar-refractivity contribution in [3.63, 3.8) is 0 Å². The molecule has 0 spiro atoms. The highest BCUT2D eigenvalue weighted by Crippen LogP contribution is 2.34. The Balaban J connectivity index is 1.34. The van der Waals surface area contributed by atoms with Crippen molar-refractivity contribution >= 4 is 80.2 Å². The van der Waals surface area contributed by atoms with Crippen LogP contribution >= 0.6 is 57.9 Å². The molecule has 1 heterocycles. The largest absolute Gasteiger partial charge is 0.490 e. The van der Waals surface area contributed by atoms with Crippen molar-refractivity contribution in [3.8, 4) is 11.5 Å². The fraction of sp³-hybridized carbons (Fsp3) is 0.160. The fourth-order valence-corrected chi connectivity index (χ4v) is 5.61. The van der Waals surface area contributed by atoms with Crippen LogP contribution in [0.5, 0.6) is 11.5 Å². The Labute approximate surface area is 231 Å². The molecule has 0 aliphatic carbocycles. The second-order valence-electron chi connectivity index (χ2n) is 7.28. The lowest BCUT2D eigenvalue weighted by molar-refractivity contribution is -0.118. The van der Waals surface area contributed by atoms with E-state index in [0.717, 1.165) is 20.1 Å². The number of thiazole rings is 1. The van der Waals surface area contributed by atoms with E-state index < -0.39 is 0 Å². The summed E-state index contributed by atoms with van der Waals surface area (Å²) in [5, 5.41) is 5.26. The van der Waals surface area contributed by atoms with Gasteiger partial charge in [0.05, 0.1) is 38.8 Å². The van der Waals surface area contributed by atoms with Crippen molar-refractivity contribution in [1.82, 2.24) is 10.4 Å². The number of para-hydroxylation sites is 1. The Morgan fingerprint density at radius 3 is 2.69 bits per heavy atom. The van der Waals surface area contributed by atoms with Gasteiger partial charge in [-0.15, -0.1) is 11.3 Å². The van der Waals surface area contributed by atoms with Crippen molar-refractivity contribution in [2.24, 2.45) is 5.10 Å². The molecule has 0 saturated heterocycles. The maximum absolute atomic E-state index is 12.2. The highest BCUT2D eigenvalue weighted by atomic mass is 35.5. The summed E-state index contributed by atoms with van der Waals surface area (Å²) in [5.74, 6) is 1.02. The van der Waals surface area contributed by atoms with Crippen molar-refractivity contribution < 1.29 is 14.3 Å². The minimum absolute atomic E-state index is 0.119. The minimum Gasteiger partial charge on any atom is -0.490 e. The van der Waals surface area contributed by atoms with Gasteiger partial charge < -0.3 is 9.47 Å². The molecule has 0 aliphatic rings. The van der Waals surface area contributed by atoms with Gasteiger partial charge in [-0.05, 0) is 55.0 Å². The van der Waals surface area contributed by atoms with Gasteiger partial charge in [-0.25, -0.2) is 10.4 Å². The van der Waals surface area contributed by atoms with Crippen LogP contribution in [0.25, 0.3) is 10.2 Å². The zero-order valence-electron chi connectivity index (χ0n) is 19.0. The van der Waals surface area contributed by atoms with E-state index in [9.17, 15) is 4.79 Å². The third kappa shape index (κ3) is 6.83. The first-order valence-corrected chi connectivity index (χ1v) is 13.7. The molecule has 4 aromatic rings. The summed E-state index contributed by atoms with van der Waals surface area (Å²) in [7, 11) is 0. The Kier molecular flexibility index (Phi) is 9.34. The molecule has 0 saturated carbocycles. The zero-order valence-corrected chi connectivity index (χ0v) is 22.9. The molecule has 1 N–H and O–H groups in total. The number of halogens is 3. The summed E-state index contributed by atoms with van der Waals surface area (Å²) in [6.45, 7) is 2.43. The average Bonchev–Trinajstić information content (AvgIpc) is 3.29. The summed E-state index contributed by atoms with van der Waals surface area (Å²) in [6, 6.07) is 16.5. The quantitative estimate of drug-likeness (QED) is 0.0911. The molecule has 186 valence electrons. The molecule has 3 aromatic carbocycles. The van der Waals surface area contributed by atoms with E-state index in [4.69, 9.17) is 44.3 Å². The summed E-state index contributed by atoms with van der Waals surface area (Å²) in [6.07, 6.45) is 1.54. The van der Waals surface area contributed by atoms with E-state index in [1.165, 1.54) is 18.0 Å². The molecular weight excluding hydrogens is 561 g/mol. The van der Waals surface area contributed by atoms with E-state index in [1.54, 1.807) is 41.7 Å². The lowest BCUT2D eigenvalue weighted by atomic mass is 10.2. The van der Waals surface area contributed by atoms with Crippen LogP contribution in [0.2, 0.25) is 15.1 Å². The normalized spacial score (nSPS) is 11.2. The summed E-state index contributed by atoms with van der Waals surface area (Å²) in [5.41, 5.74) is 4.78. The molecule has 0 atom stereocenters. The molecular formula is C25H20Cl3N3O3S2. The summed E-state index contributed by atoms with van der Waals surface area (Å²) >= 11 is 21.5. The molecule has 1 amide bonds. The van der Waals surface area contributed by atoms with Crippen LogP contribution in [-0.2, 0) is 11.4 Å². The van der Waals surface area contributed by atoms with Crippen LogP contribution in [0, 0.1) is 0 Å². The molecule has 11 heteroatoms. The van der Waals surface area contributed by atoms with Gasteiger partial charge in [0.15, 0.2) is 15.8 Å². The predicted molar refractivity (Wildman–Crippen MR) is 149 cm³/mol. The second kappa shape index (κ2) is 12.7. The average molecular weight is 581 g/mol. The number of ether oxygens (including phenoxy) is 2. The Morgan fingerprint density at radius 1 is 1.08 bits per heavy atom. The smallest absolute Gasteiger partial charge is 0.250 e. The van der Waals surface area contributed by atoms with Crippen LogP contribution in [0.4, 0.5) is 0 Å². The monoisotopic (exact) mass is 579 g/mol. The van der Waals surface area contributed by atoms with Crippen molar-refractivity contribution in [2.75, 3.05) is 12.4 Å². The van der Waals surface area contributed by atoms with Crippen LogP contribution in [-0.4, -0.2) is 29.5 Å². The van der Waals surface area contributed by atoms with E-state index >= 15 is 0 Å². The lowest BCUT2D eigenvalue weighted by Crippen LogP contribution is -2.19. The van der Waals surface area contributed by atoms with Crippen molar-refractivity contribution in [3.05, 3.63) is 80.8 Å². The van der Waals surface area contributed by atoms with Crippen LogP contribution in [0.1, 0.15) is 18.1 Å². The Hall–Kier alpha value is -2.49. The highest BCUT2D eigenvalue weighted by Gasteiger charge is 2.13. The number of amides is 1. The first-order chi connectivity index (χ1) is 17.4. The molecule has 0 unspecified atom stereocenters. The third-order valence-corrected chi connectivity index (χ3v) is 8.16. The minimum atomic E-state index is -0.226. The Bertz CT molecular complexity index is 1380. The maximum Gasteiger partial charge on any atom is 0.250 e. The SMILES string of the molecule is CCOc1cc(/C=N/NC(=O)CSc2nc3ccccc3s2)ccc1OCc1c(Cl)ccc(Cl)c1Cl. The standard InChI is InChI=1S/C25H20Cl3N3O3S2/c1-2-33-21-11-15(7-10-20(21)34-13-16-17(26)8-9-18(27)24(16)28)12-29-31-23(32)14-35-25-30-19-5-3-4-6-22(19)36-25/h3-12H,2,13-14H2,1H3,(H,31,32)/b29-12+. The number of carbonyl (C=O) groups excluding carboxylic acids is 1. The van der Waals surface area contributed by atoms with E-state index in [0.29, 0.717) is 38.7 Å². The van der Waals surface area contributed by atoms with Crippen molar-refractivity contribution in [2.45, 2.75) is 17.9 Å². The van der Waals surface area contributed by atoms with E-state index in [1.807, 2.05) is 31.2 Å². The van der Waals surface area contributed by atoms with Crippen molar-refractivity contribution in [1.29, 1.82) is 0 Å². The van der Waals surface area contributed by atoms with Gasteiger partial charge in [-0.2, -0.15) is 5.10 Å². The van der Waals surface area contributed by atoms with Crippen LogP contribution in [0.3, 0.4) is 0 Å². The second-order valence-corrected chi connectivity index (χ2v) is 10.7. The number of aromatic nitrogens is 1. The van der Waals surface area contributed by atoms with Gasteiger partial charge in [0.1, 0.15) is 6.61 Å². The van der Waals surface area contributed by atoms with Crippen LogP contribution in [0.15, 0.2) is 64.0 Å². The topological polar surface area (TPSA) is 72.8 Å². The van der Waals surface area contributed by atoms with E-state index in [-0.39, 0.29) is 18.3 Å². The van der Waals surface area contributed by atoms with Gasteiger partial charge in [0.2, 0.25) is 0 Å². The highest BCUT2D eigenvalue weighted by molar-refractivity contribution is 8.01. The molecule has 0 fully saturated rings. The summed E-state index contributed by atoms with van der Waals surface area (Å²) in [4.78, 5) is 16.7. The molecule has 36 heavy (non-hydrogen) atoms. The molecule has 0 aliphatic heterocycles. The third-order valence-electron chi connectivity index (χ3n) is 4.78. The number of rotatable bonds is 10. The lowest BCUT2D eigenvalue weighted by Gasteiger charge is -2.14. The number of nitrogens with zero attached hydrogens (tertiary/aromatic N) is 2. The number of hydrazone groups is 1. The molecule has 6 nitrogen and oxygen atoms in total. The number of benzene rings is 3. The molecule has 0 bridgehead atoms. The summed E-state index contributed by atoms with van der Waals surface area (Å²) < 4.78 is 13.6. The number of carbonyl (C=O) groups is 1. The fourth-order valence-electron chi connectivity index (χ4n) is 3.09. The number of thioether (sulfide) groups is 1. The van der Waals surface area contributed by atoms with E-state index in [2.05, 4.69) is 15.5 Å². The van der Waals surface area contributed by atoms with Gasteiger partial charge in [-0.1, -0.05) is 58.7 Å².